The van der Waals surface area contributed by atoms with E-state index in [9.17, 15) is 9.18 Å². The van der Waals surface area contributed by atoms with Gasteiger partial charge in [-0.05, 0) is 50.0 Å². The molecule has 5 aromatic heterocycles. The van der Waals surface area contributed by atoms with E-state index in [4.69, 9.17) is 4.98 Å². The van der Waals surface area contributed by atoms with Gasteiger partial charge in [-0.3, -0.25) is 24.8 Å². The first kappa shape index (κ1) is 27.9. The third-order valence-corrected chi connectivity index (χ3v) is 6.99. The lowest BCUT2D eigenvalue weighted by Crippen LogP contribution is -2.20. The van der Waals surface area contributed by atoms with Crippen LogP contribution in [-0.4, -0.2) is 73.1 Å². The summed E-state index contributed by atoms with van der Waals surface area (Å²) in [7, 11) is 3.98. The Hall–Kier alpha value is -5.23. The number of nitrogens with zero attached hydrogens (tertiary/aromatic N) is 6. The monoisotopic (exact) mass is 578 g/mol. The van der Waals surface area contributed by atoms with Crippen LogP contribution in [0.1, 0.15) is 13.8 Å². The second-order valence-electron chi connectivity index (χ2n) is 10.9. The number of carbonyl (C=O) groups excluding carboxylic acids is 1. The Bertz CT molecular complexity index is 1940. The fourth-order valence-electron chi connectivity index (χ4n) is 4.72. The van der Waals surface area contributed by atoms with Crippen molar-refractivity contribution >= 4 is 39.2 Å². The highest BCUT2D eigenvalue weighted by molar-refractivity contribution is 5.98. The highest BCUT2D eigenvalue weighted by Gasteiger charge is 2.18. The number of nitrogens with one attached hydrogen (secondary N) is 4. The molecule has 0 aliphatic rings. The topological polar surface area (TPSA) is 140 Å². The molecule has 0 bridgehead atoms. The first-order valence-electron chi connectivity index (χ1n) is 13.9. The molecule has 1 aromatic carbocycles. The van der Waals surface area contributed by atoms with Crippen molar-refractivity contribution < 1.29 is 9.18 Å². The Morgan fingerprint density at radius 2 is 1.77 bits per heavy atom. The van der Waals surface area contributed by atoms with Crippen molar-refractivity contribution in [2.75, 3.05) is 37.8 Å². The van der Waals surface area contributed by atoms with Crippen LogP contribution in [-0.2, 0) is 4.79 Å². The number of H-pyrrole nitrogens is 2. The number of imidazole rings is 1. The van der Waals surface area contributed by atoms with E-state index in [0.29, 0.717) is 57.3 Å². The number of fused-ring (bicyclic) bond motifs is 2. The first-order chi connectivity index (χ1) is 20.7. The number of hydrogen-bond acceptors (Lipinski definition) is 8. The fourth-order valence-corrected chi connectivity index (χ4v) is 4.72. The van der Waals surface area contributed by atoms with Crippen molar-refractivity contribution in [2.45, 2.75) is 13.8 Å². The number of pyridine rings is 3. The molecule has 5 heterocycles. The van der Waals surface area contributed by atoms with Crippen LogP contribution in [0.4, 0.5) is 15.8 Å². The molecule has 0 aliphatic heterocycles. The maximum atomic E-state index is 14.7. The predicted octanol–water partition coefficient (Wildman–Crippen LogP) is 5.33. The molecule has 0 saturated heterocycles. The van der Waals surface area contributed by atoms with Crippen LogP contribution < -0.4 is 10.6 Å². The molecule has 11 nitrogen and oxygen atoms in total. The summed E-state index contributed by atoms with van der Waals surface area (Å²) in [6.45, 7) is 5.16. The molecule has 0 atom stereocenters. The van der Waals surface area contributed by atoms with Crippen LogP contribution in [0, 0.1) is 11.7 Å². The molecule has 0 unspecified atom stereocenters. The predicted molar refractivity (Wildman–Crippen MR) is 166 cm³/mol. The van der Waals surface area contributed by atoms with E-state index in [0.717, 1.165) is 23.0 Å². The smallest absolute Gasteiger partial charge is 0.226 e. The van der Waals surface area contributed by atoms with Gasteiger partial charge in [0.25, 0.3) is 0 Å². The molecular formula is C31H31FN10O. The highest BCUT2D eigenvalue weighted by atomic mass is 19.1. The second kappa shape index (κ2) is 11.6. The van der Waals surface area contributed by atoms with Crippen LogP contribution in [0.3, 0.4) is 0 Å². The summed E-state index contributed by atoms with van der Waals surface area (Å²) >= 11 is 0. The average molecular weight is 579 g/mol. The van der Waals surface area contributed by atoms with Gasteiger partial charge in [-0.2, -0.15) is 5.10 Å². The van der Waals surface area contributed by atoms with Gasteiger partial charge in [-0.1, -0.05) is 13.8 Å². The van der Waals surface area contributed by atoms with E-state index in [-0.39, 0.29) is 17.6 Å². The summed E-state index contributed by atoms with van der Waals surface area (Å²) in [6.07, 6.45) is 8.38. The number of anilines is 2. The van der Waals surface area contributed by atoms with E-state index >= 15 is 0 Å². The number of likely N-dealkylation sites (N-methyl/N-ethyl adjacent to an activating group) is 1. The number of halogens is 1. The van der Waals surface area contributed by atoms with Crippen LogP contribution in [0.5, 0.6) is 0 Å². The van der Waals surface area contributed by atoms with Crippen molar-refractivity contribution in [3.8, 4) is 33.9 Å². The fraction of sp³-hybridized carbons (Fsp3) is 0.226. The summed E-state index contributed by atoms with van der Waals surface area (Å²) < 4.78 is 14.7. The minimum atomic E-state index is -0.349. The highest BCUT2D eigenvalue weighted by Crippen LogP contribution is 2.33. The molecule has 43 heavy (non-hydrogen) atoms. The zero-order valence-electron chi connectivity index (χ0n) is 24.2. The molecule has 4 N–H and O–H groups in total. The van der Waals surface area contributed by atoms with Crippen LogP contribution in [0.2, 0.25) is 0 Å². The Kier molecular flexibility index (Phi) is 7.51. The molecule has 0 fully saturated rings. The summed E-state index contributed by atoms with van der Waals surface area (Å²) in [5.74, 6) is -0.0603. The molecule has 218 valence electrons. The molecule has 6 aromatic rings. The number of amides is 1. The van der Waals surface area contributed by atoms with Gasteiger partial charge in [-0.25, -0.2) is 9.37 Å². The summed E-state index contributed by atoms with van der Waals surface area (Å²) in [5.41, 5.74) is 6.73. The molecule has 0 saturated carbocycles. The largest absolute Gasteiger partial charge is 0.384 e. The van der Waals surface area contributed by atoms with E-state index in [2.05, 4.69) is 45.7 Å². The number of benzene rings is 1. The third kappa shape index (κ3) is 5.90. The molecular weight excluding hydrogens is 547 g/mol. The standard InChI is InChI=1S/C31H31FN10O/c1-17(2)31(43)37-22-9-19(12-33-13-22)25-11-23-26(16-36-25)40-41-29(23)30-38-27-15-34-14-24(28(27)39-30)18-7-20(32)10-21(8-18)35-5-6-42(3)4/h7-17,35H,5-6H2,1-4H3,(H,37,43)(H,38,39)(H,40,41). The Labute approximate surface area is 247 Å². The van der Waals surface area contributed by atoms with Crippen molar-refractivity contribution in [3.63, 3.8) is 0 Å². The molecule has 6 rings (SSSR count). The number of aromatic amines is 2. The summed E-state index contributed by atoms with van der Waals surface area (Å²) in [5, 5.41) is 14.5. The molecule has 0 aliphatic carbocycles. The van der Waals surface area contributed by atoms with Gasteiger partial charge in [0, 0.05) is 53.6 Å². The van der Waals surface area contributed by atoms with Gasteiger partial charge >= 0.3 is 0 Å². The minimum absolute atomic E-state index is 0.0896. The lowest BCUT2D eigenvalue weighted by molar-refractivity contribution is -0.118. The van der Waals surface area contributed by atoms with E-state index in [1.807, 2.05) is 46.1 Å². The minimum Gasteiger partial charge on any atom is -0.384 e. The third-order valence-electron chi connectivity index (χ3n) is 6.99. The molecule has 12 heteroatoms. The summed E-state index contributed by atoms with van der Waals surface area (Å²) in [6, 6.07) is 8.60. The van der Waals surface area contributed by atoms with E-state index < -0.39 is 0 Å². The van der Waals surface area contributed by atoms with Gasteiger partial charge in [0.2, 0.25) is 5.91 Å². The second-order valence-corrected chi connectivity index (χ2v) is 10.9. The van der Waals surface area contributed by atoms with Crippen LogP contribution >= 0.6 is 0 Å². The lowest BCUT2D eigenvalue weighted by Gasteiger charge is -2.12. The van der Waals surface area contributed by atoms with Crippen LogP contribution in [0.25, 0.3) is 55.8 Å². The van der Waals surface area contributed by atoms with Gasteiger partial charge in [0.15, 0.2) is 5.82 Å². The Morgan fingerprint density at radius 1 is 0.953 bits per heavy atom. The van der Waals surface area contributed by atoms with Crippen molar-refractivity contribution in [1.29, 1.82) is 0 Å². The number of carbonyl (C=O) groups is 1. The van der Waals surface area contributed by atoms with Gasteiger partial charge < -0.3 is 20.5 Å². The van der Waals surface area contributed by atoms with Gasteiger partial charge in [0.05, 0.1) is 46.5 Å². The van der Waals surface area contributed by atoms with Crippen molar-refractivity contribution in [2.24, 2.45) is 5.92 Å². The zero-order valence-corrected chi connectivity index (χ0v) is 24.2. The van der Waals surface area contributed by atoms with E-state index in [1.165, 1.54) is 12.1 Å². The van der Waals surface area contributed by atoms with Crippen LogP contribution in [0.15, 0.2) is 61.3 Å². The Morgan fingerprint density at radius 3 is 2.58 bits per heavy atom. The average Bonchev–Trinajstić information content (AvgIpc) is 3.60. The molecule has 0 radical (unpaired) electrons. The number of hydrogen-bond donors (Lipinski definition) is 4. The quantitative estimate of drug-likeness (QED) is 0.180. The maximum Gasteiger partial charge on any atom is 0.226 e. The Balaban J connectivity index is 1.36. The normalized spacial score (nSPS) is 11.6. The zero-order chi connectivity index (χ0) is 30.1. The number of rotatable bonds is 9. The number of aromatic nitrogens is 7. The van der Waals surface area contributed by atoms with Crippen molar-refractivity contribution in [3.05, 3.63) is 67.1 Å². The molecule has 1 amide bonds. The SMILES string of the molecule is CC(C)C(=O)Nc1cncc(-c2cc3c(-c4nc5c(-c6cc(F)cc(NCCN(C)C)c6)cncc5[nH]4)n[nH]c3cn2)c1. The molecule has 0 spiro atoms. The lowest BCUT2D eigenvalue weighted by atomic mass is 10.1. The van der Waals surface area contributed by atoms with Gasteiger partial charge in [-0.15, -0.1) is 0 Å². The summed E-state index contributed by atoms with van der Waals surface area (Å²) in [4.78, 5) is 35.7. The van der Waals surface area contributed by atoms with Gasteiger partial charge in [0.1, 0.15) is 11.5 Å². The maximum absolute atomic E-state index is 14.7. The van der Waals surface area contributed by atoms with Crippen molar-refractivity contribution in [1.82, 2.24) is 40.0 Å². The van der Waals surface area contributed by atoms with E-state index in [1.54, 1.807) is 31.0 Å². The first-order valence-corrected chi connectivity index (χ1v) is 13.9.